The van der Waals surface area contributed by atoms with Gasteiger partial charge in [-0.2, -0.15) is 0 Å². The van der Waals surface area contributed by atoms with E-state index in [0.717, 1.165) is 10.9 Å². The fourth-order valence-electron chi connectivity index (χ4n) is 2.00. The fraction of sp³-hybridized carbons (Fsp3) is 0. The van der Waals surface area contributed by atoms with Crippen molar-refractivity contribution in [2.24, 2.45) is 5.73 Å². The Kier molecular flexibility index (Phi) is 3.71. The van der Waals surface area contributed by atoms with E-state index < -0.39 is 5.91 Å². The Morgan fingerprint density at radius 2 is 2.27 bits per heavy atom. The molecule has 3 heterocycles. The molecule has 0 unspecified atom stereocenters. The van der Waals surface area contributed by atoms with Crippen molar-refractivity contribution in [1.29, 1.82) is 0 Å². The van der Waals surface area contributed by atoms with Crippen molar-refractivity contribution in [2.75, 3.05) is 5.32 Å². The molecule has 0 aliphatic rings. The average Bonchev–Trinajstić information content (AvgIpc) is 3.14. The minimum Gasteiger partial charge on any atom is -0.366 e. The zero-order valence-corrected chi connectivity index (χ0v) is 12.2. The van der Waals surface area contributed by atoms with E-state index in [4.69, 9.17) is 5.73 Å². The van der Waals surface area contributed by atoms with Gasteiger partial charge < -0.3 is 16.0 Å². The second-order valence-corrected chi connectivity index (χ2v) is 5.48. The zero-order chi connectivity index (χ0) is 15.5. The van der Waals surface area contributed by atoms with Crippen molar-refractivity contribution in [3.8, 4) is 0 Å². The third-order valence-electron chi connectivity index (χ3n) is 2.99. The summed E-state index contributed by atoms with van der Waals surface area (Å²) in [6, 6.07) is 5.37. The fourth-order valence-corrected chi connectivity index (χ4v) is 2.62. The van der Waals surface area contributed by atoms with E-state index in [-0.39, 0.29) is 5.91 Å². The van der Waals surface area contributed by atoms with Crippen LogP contribution in [-0.2, 0) is 4.79 Å². The highest BCUT2D eigenvalue weighted by Crippen LogP contribution is 2.22. The number of carbonyl (C=O) groups is 2. The molecule has 0 fully saturated rings. The van der Waals surface area contributed by atoms with E-state index in [1.54, 1.807) is 30.6 Å². The molecule has 3 aromatic rings. The van der Waals surface area contributed by atoms with Crippen LogP contribution in [0.4, 0.5) is 5.69 Å². The topological polar surface area (TPSA) is 101 Å². The van der Waals surface area contributed by atoms with Gasteiger partial charge in [-0.05, 0) is 23.6 Å². The molecular formula is C15H12N4O2S. The lowest BCUT2D eigenvalue weighted by molar-refractivity contribution is -0.113. The van der Waals surface area contributed by atoms with E-state index in [9.17, 15) is 9.59 Å². The van der Waals surface area contributed by atoms with Gasteiger partial charge in [0.25, 0.3) is 5.91 Å². The average molecular weight is 312 g/mol. The van der Waals surface area contributed by atoms with Crippen LogP contribution < -0.4 is 11.1 Å². The van der Waals surface area contributed by atoms with Gasteiger partial charge in [0.15, 0.2) is 0 Å². The van der Waals surface area contributed by atoms with Gasteiger partial charge in [0.1, 0.15) is 5.65 Å². The molecule has 2 amide bonds. The highest BCUT2D eigenvalue weighted by molar-refractivity contribution is 7.12. The lowest BCUT2D eigenvalue weighted by Gasteiger charge is -2.03. The predicted molar refractivity (Wildman–Crippen MR) is 86.6 cm³/mol. The Balaban J connectivity index is 1.90. The molecule has 3 rings (SSSR count). The standard InChI is InChI=1S/C15H12N4O2S/c16-13(20)4-3-9-7-17-14-11(9)6-10(8-18-14)19-15(21)12-2-1-5-22-12/h1-8H,(H2,16,20)(H,17,18)(H,19,21). The van der Waals surface area contributed by atoms with Crippen molar-refractivity contribution >= 4 is 45.9 Å². The van der Waals surface area contributed by atoms with Gasteiger partial charge in [-0.3, -0.25) is 9.59 Å². The molecule has 0 aliphatic heterocycles. The van der Waals surface area contributed by atoms with Gasteiger partial charge in [0.05, 0.1) is 16.8 Å². The lowest BCUT2D eigenvalue weighted by atomic mass is 10.2. The van der Waals surface area contributed by atoms with Crippen LogP contribution in [0.5, 0.6) is 0 Å². The number of amides is 2. The number of anilines is 1. The maximum Gasteiger partial charge on any atom is 0.265 e. The predicted octanol–water partition coefficient (Wildman–Crippen LogP) is 2.38. The number of aromatic nitrogens is 2. The second kappa shape index (κ2) is 5.82. The van der Waals surface area contributed by atoms with Crippen LogP contribution in [0.1, 0.15) is 15.2 Å². The normalized spacial score (nSPS) is 11.1. The Bertz CT molecular complexity index is 865. The molecule has 0 saturated heterocycles. The van der Waals surface area contributed by atoms with Crippen LogP contribution in [0.3, 0.4) is 0 Å². The van der Waals surface area contributed by atoms with Crippen molar-refractivity contribution in [3.05, 3.63) is 52.5 Å². The van der Waals surface area contributed by atoms with E-state index >= 15 is 0 Å². The summed E-state index contributed by atoms with van der Waals surface area (Å²) in [6.07, 6.45) is 6.18. The lowest BCUT2D eigenvalue weighted by Crippen LogP contribution is -2.10. The largest absolute Gasteiger partial charge is 0.366 e. The minimum atomic E-state index is -0.524. The number of thiophene rings is 1. The first-order chi connectivity index (χ1) is 10.6. The number of primary amides is 1. The van der Waals surface area contributed by atoms with E-state index in [2.05, 4.69) is 15.3 Å². The first kappa shape index (κ1) is 14.0. The third-order valence-corrected chi connectivity index (χ3v) is 3.86. The molecule has 22 heavy (non-hydrogen) atoms. The zero-order valence-electron chi connectivity index (χ0n) is 11.4. The maximum absolute atomic E-state index is 12.0. The van der Waals surface area contributed by atoms with Gasteiger partial charge in [0, 0.05) is 23.2 Å². The molecule has 0 aliphatic carbocycles. The van der Waals surface area contributed by atoms with E-state index in [0.29, 0.717) is 16.2 Å². The van der Waals surface area contributed by atoms with Crippen LogP contribution in [0, 0.1) is 0 Å². The van der Waals surface area contributed by atoms with Gasteiger partial charge in [-0.1, -0.05) is 6.07 Å². The monoisotopic (exact) mass is 312 g/mol. The summed E-state index contributed by atoms with van der Waals surface area (Å²) in [5.41, 5.74) is 7.12. The molecule has 3 aromatic heterocycles. The van der Waals surface area contributed by atoms with Crippen molar-refractivity contribution in [2.45, 2.75) is 0 Å². The Morgan fingerprint density at radius 3 is 3.00 bits per heavy atom. The van der Waals surface area contributed by atoms with Crippen molar-refractivity contribution in [3.63, 3.8) is 0 Å². The SMILES string of the molecule is NC(=O)C=Cc1c[nH]c2ncc(NC(=O)c3cccs3)cc12. The van der Waals surface area contributed by atoms with Crippen LogP contribution in [0.15, 0.2) is 42.0 Å². The third kappa shape index (κ3) is 2.89. The van der Waals surface area contributed by atoms with Crippen LogP contribution >= 0.6 is 11.3 Å². The first-order valence-corrected chi connectivity index (χ1v) is 7.31. The number of hydrogen-bond donors (Lipinski definition) is 3. The Hall–Kier alpha value is -2.93. The van der Waals surface area contributed by atoms with Crippen molar-refractivity contribution < 1.29 is 9.59 Å². The smallest absolute Gasteiger partial charge is 0.265 e. The summed E-state index contributed by atoms with van der Waals surface area (Å²) in [4.78, 5) is 30.7. The minimum absolute atomic E-state index is 0.180. The molecule has 0 spiro atoms. The summed E-state index contributed by atoms with van der Waals surface area (Å²) >= 11 is 1.37. The van der Waals surface area contributed by atoms with Gasteiger partial charge in [-0.15, -0.1) is 11.3 Å². The first-order valence-electron chi connectivity index (χ1n) is 6.43. The number of aromatic amines is 1. The quantitative estimate of drug-likeness (QED) is 0.645. The number of nitrogens with zero attached hydrogens (tertiary/aromatic N) is 1. The Labute approximate surface area is 129 Å². The summed E-state index contributed by atoms with van der Waals surface area (Å²) in [5, 5.41) is 5.43. The highest BCUT2D eigenvalue weighted by atomic mass is 32.1. The number of H-pyrrole nitrogens is 1. The molecule has 0 aromatic carbocycles. The van der Waals surface area contributed by atoms with Gasteiger partial charge in [0.2, 0.25) is 5.91 Å². The highest BCUT2D eigenvalue weighted by Gasteiger charge is 2.09. The van der Waals surface area contributed by atoms with Crippen LogP contribution in [-0.4, -0.2) is 21.8 Å². The van der Waals surface area contributed by atoms with Crippen molar-refractivity contribution in [1.82, 2.24) is 9.97 Å². The van der Waals surface area contributed by atoms with E-state index in [1.165, 1.54) is 17.4 Å². The number of rotatable bonds is 4. The molecule has 0 saturated carbocycles. The van der Waals surface area contributed by atoms with Gasteiger partial charge >= 0.3 is 0 Å². The summed E-state index contributed by atoms with van der Waals surface area (Å²) in [5.74, 6) is -0.703. The number of fused-ring (bicyclic) bond motifs is 1. The molecule has 0 bridgehead atoms. The summed E-state index contributed by atoms with van der Waals surface area (Å²) < 4.78 is 0. The molecule has 4 N–H and O–H groups in total. The maximum atomic E-state index is 12.0. The van der Waals surface area contributed by atoms with Crippen LogP contribution in [0.25, 0.3) is 17.1 Å². The molecular weight excluding hydrogens is 300 g/mol. The second-order valence-electron chi connectivity index (χ2n) is 4.53. The number of nitrogens with two attached hydrogens (primary N) is 1. The molecule has 0 radical (unpaired) electrons. The molecule has 6 nitrogen and oxygen atoms in total. The molecule has 7 heteroatoms. The summed E-state index contributed by atoms with van der Waals surface area (Å²) in [6.45, 7) is 0. The van der Waals surface area contributed by atoms with E-state index in [1.807, 2.05) is 11.4 Å². The van der Waals surface area contributed by atoms with Crippen LogP contribution in [0.2, 0.25) is 0 Å². The molecule has 0 atom stereocenters. The molecule has 110 valence electrons. The number of nitrogens with one attached hydrogen (secondary N) is 2. The number of hydrogen-bond acceptors (Lipinski definition) is 4. The Morgan fingerprint density at radius 1 is 1.41 bits per heavy atom. The van der Waals surface area contributed by atoms with Gasteiger partial charge in [-0.25, -0.2) is 4.98 Å². The number of pyridine rings is 1. The number of carbonyl (C=O) groups excluding carboxylic acids is 2. The summed E-state index contributed by atoms with van der Waals surface area (Å²) in [7, 11) is 0.